The van der Waals surface area contributed by atoms with Crippen LogP contribution in [0.5, 0.6) is 0 Å². The topological polar surface area (TPSA) is 46.2 Å². The van der Waals surface area contributed by atoms with Gasteiger partial charge in [-0.1, -0.05) is 54.6 Å². The highest BCUT2D eigenvalue weighted by Gasteiger charge is 2.20. The van der Waals surface area contributed by atoms with Crippen LogP contribution >= 0.6 is 0 Å². The number of hydrogen-bond donors (Lipinski definition) is 2. The highest BCUT2D eigenvalue weighted by atomic mass is 16.3. The molecule has 3 N–H and O–H groups in total. The van der Waals surface area contributed by atoms with Crippen molar-refractivity contribution in [3.63, 3.8) is 0 Å². The Balaban J connectivity index is 1.71. The van der Waals surface area contributed by atoms with Crippen LogP contribution in [-0.2, 0) is 6.42 Å². The molecule has 0 fully saturated rings. The van der Waals surface area contributed by atoms with Crippen molar-refractivity contribution in [2.75, 3.05) is 5.73 Å². The fraction of sp³-hybridized carbons (Fsp3) is 0.100. The predicted molar refractivity (Wildman–Crippen MR) is 89.6 cm³/mol. The molecule has 0 unspecified atom stereocenters. The Labute approximate surface area is 129 Å². The van der Waals surface area contributed by atoms with Crippen LogP contribution in [0.4, 0.5) is 5.69 Å². The van der Waals surface area contributed by atoms with E-state index >= 15 is 0 Å². The Bertz CT molecular complexity index is 837. The molecule has 1 aliphatic carbocycles. The van der Waals surface area contributed by atoms with Crippen LogP contribution in [0.1, 0.15) is 28.4 Å². The first kappa shape index (κ1) is 13.1. The third-order valence-corrected chi connectivity index (χ3v) is 4.39. The minimum absolute atomic E-state index is 0.616. The van der Waals surface area contributed by atoms with Gasteiger partial charge in [0, 0.05) is 5.69 Å². The maximum atomic E-state index is 10.6. The number of aliphatic hydroxyl groups is 1. The predicted octanol–water partition coefficient (Wildman–Crippen LogP) is 3.92. The molecule has 0 spiro atoms. The van der Waals surface area contributed by atoms with Crippen molar-refractivity contribution in [1.82, 2.24) is 0 Å². The summed E-state index contributed by atoms with van der Waals surface area (Å²) in [4.78, 5) is 0. The lowest BCUT2D eigenvalue weighted by Crippen LogP contribution is -2.00. The lowest BCUT2D eigenvalue weighted by molar-refractivity contribution is 0.220. The van der Waals surface area contributed by atoms with E-state index in [1.807, 2.05) is 30.3 Å². The van der Waals surface area contributed by atoms with Crippen LogP contribution in [-0.4, -0.2) is 5.11 Å². The lowest BCUT2D eigenvalue weighted by Gasteiger charge is -2.13. The van der Waals surface area contributed by atoms with Gasteiger partial charge in [-0.2, -0.15) is 0 Å². The second-order valence-electron chi connectivity index (χ2n) is 5.82. The molecular weight excluding hydrogens is 270 g/mol. The van der Waals surface area contributed by atoms with Crippen LogP contribution < -0.4 is 5.73 Å². The molecule has 0 bridgehead atoms. The third-order valence-electron chi connectivity index (χ3n) is 4.39. The van der Waals surface area contributed by atoms with Gasteiger partial charge in [0.2, 0.25) is 0 Å². The Morgan fingerprint density at radius 2 is 1.45 bits per heavy atom. The molecule has 22 heavy (non-hydrogen) atoms. The minimum Gasteiger partial charge on any atom is -0.399 e. The van der Waals surface area contributed by atoms with Gasteiger partial charge in [-0.15, -0.1) is 0 Å². The molecule has 2 nitrogen and oxygen atoms in total. The minimum atomic E-state index is -0.616. The first-order chi connectivity index (χ1) is 10.7. The lowest BCUT2D eigenvalue weighted by atomic mass is 9.97. The van der Waals surface area contributed by atoms with Crippen LogP contribution in [0.15, 0.2) is 66.7 Å². The van der Waals surface area contributed by atoms with Crippen molar-refractivity contribution in [1.29, 1.82) is 0 Å². The molecule has 3 aromatic carbocycles. The van der Waals surface area contributed by atoms with E-state index in [1.54, 1.807) is 0 Å². The molecule has 3 aromatic rings. The largest absolute Gasteiger partial charge is 0.399 e. The number of rotatable bonds is 2. The fourth-order valence-corrected chi connectivity index (χ4v) is 3.21. The van der Waals surface area contributed by atoms with Gasteiger partial charge in [0.1, 0.15) is 6.10 Å². The molecular formula is C20H17NO. The number of benzene rings is 3. The summed E-state index contributed by atoms with van der Waals surface area (Å²) >= 11 is 0. The SMILES string of the molecule is Nc1ccc([C@H](O)c2ccc3c(c2)Cc2ccccc2-3)cc1. The van der Waals surface area contributed by atoms with Crippen LogP contribution in [0.25, 0.3) is 11.1 Å². The first-order valence-electron chi connectivity index (χ1n) is 7.47. The highest BCUT2D eigenvalue weighted by Crippen LogP contribution is 2.38. The second-order valence-corrected chi connectivity index (χ2v) is 5.82. The number of nitrogens with two attached hydrogens (primary N) is 1. The van der Waals surface area contributed by atoms with Gasteiger partial charge in [-0.25, -0.2) is 0 Å². The van der Waals surface area contributed by atoms with Crippen molar-refractivity contribution in [2.24, 2.45) is 0 Å². The molecule has 0 saturated carbocycles. The maximum absolute atomic E-state index is 10.6. The van der Waals surface area contributed by atoms with Gasteiger partial charge in [0.25, 0.3) is 0 Å². The van der Waals surface area contributed by atoms with Crippen molar-refractivity contribution in [3.05, 3.63) is 89.0 Å². The Hall–Kier alpha value is -2.58. The summed E-state index contributed by atoms with van der Waals surface area (Å²) in [6.07, 6.45) is 0.322. The fourth-order valence-electron chi connectivity index (χ4n) is 3.21. The molecule has 0 aromatic heterocycles. The maximum Gasteiger partial charge on any atom is 0.104 e. The number of nitrogen functional groups attached to an aromatic ring is 1. The molecule has 0 aliphatic heterocycles. The molecule has 1 atom stereocenters. The van der Waals surface area contributed by atoms with E-state index in [4.69, 9.17) is 5.73 Å². The molecule has 2 heteroatoms. The van der Waals surface area contributed by atoms with E-state index < -0.39 is 6.10 Å². The third kappa shape index (κ3) is 2.09. The van der Waals surface area contributed by atoms with Crippen LogP contribution in [0, 0.1) is 0 Å². The molecule has 0 radical (unpaired) electrons. The summed E-state index contributed by atoms with van der Waals surface area (Å²) in [5.41, 5.74) is 13.4. The normalized spacial score (nSPS) is 13.5. The van der Waals surface area contributed by atoms with Gasteiger partial charge in [-0.3, -0.25) is 0 Å². The summed E-state index contributed by atoms with van der Waals surface area (Å²) in [5, 5.41) is 10.6. The van der Waals surface area contributed by atoms with Gasteiger partial charge in [0.15, 0.2) is 0 Å². The van der Waals surface area contributed by atoms with Gasteiger partial charge < -0.3 is 10.8 Å². The number of hydrogen-bond acceptors (Lipinski definition) is 2. The average Bonchev–Trinajstić information content (AvgIpc) is 2.92. The summed E-state index contributed by atoms with van der Waals surface area (Å²) < 4.78 is 0. The van der Waals surface area contributed by atoms with E-state index in [9.17, 15) is 5.11 Å². The average molecular weight is 287 g/mol. The number of fused-ring (bicyclic) bond motifs is 3. The molecule has 0 heterocycles. The van der Waals surface area contributed by atoms with Gasteiger partial charge in [0.05, 0.1) is 0 Å². The smallest absolute Gasteiger partial charge is 0.104 e. The van der Waals surface area contributed by atoms with E-state index in [0.29, 0.717) is 5.69 Å². The molecule has 108 valence electrons. The highest BCUT2D eigenvalue weighted by molar-refractivity contribution is 5.77. The molecule has 0 saturated heterocycles. The number of anilines is 1. The zero-order valence-corrected chi connectivity index (χ0v) is 12.2. The standard InChI is InChI=1S/C20H17NO/c21-17-8-5-13(6-9-17)20(22)15-7-10-19-16(12-15)11-14-3-1-2-4-18(14)19/h1-10,12,20,22H,11,21H2/t20-/m0/s1. The van der Waals surface area contributed by atoms with Crippen LogP contribution in [0.2, 0.25) is 0 Å². The molecule has 0 amide bonds. The number of aliphatic hydroxyl groups excluding tert-OH is 1. The van der Waals surface area contributed by atoms with E-state index in [0.717, 1.165) is 17.5 Å². The van der Waals surface area contributed by atoms with E-state index in [2.05, 4.69) is 36.4 Å². The Morgan fingerprint density at radius 3 is 2.27 bits per heavy atom. The van der Waals surface area contributed by atoms with Crippen molar-refractivity contribution >= 4 is 5.69 Å². The zero-order valence-electron chi connectivity index (χ0n) is 12.2. The summed E-state index contributed by atoms with van der Waals surface area (Å²) in [7, 11) is 0. The Morgan fingerprint density at radius 1 is 0.773 bits per heavy atom. The Kier molecular flexibility index (Phi) is 2.98. The quantitative estimate of drug-likeness (QED) is 0.549. The van der Waals surface area contributed by atoms with Gasteiger partial charge in [-0.05, 0) is 51.9 Å². The van der Waals surface area contributed by atoms with Gasteiger partial charge >= 0.3 is 0 Å². The van der Waals surface area contributed by atoms with E-state index in [-0.39, 0.29) is 0 Å². The first-order valence-corrected chi connectivity index (χ1v) is 7.47. The summed E-state index contributed by atoms with van der Waals surface area (Å²) in [5.74, 6) is 0. The van der Waals surface area contributed by atoms with Crippen LogP contribution in [0.3, 0.4) is 0 Å². The molecule has 1 aliphatic rings. The summed E-state index contributed by atoms with van der Waals surface area (Å²) in [6, 6.07) is 22.1. The zero-order chi connectivity index (χ0) is 15.1. The monoisotopic (exact) mass is 287 g/mol. The van der Waals surface area contributed by atoms with E-state index in [1.165, 1.54) is 22.3 Å². The van der Waals surface area contributed by atoms with Crippen molar-refractivity contribution < 1.29 is 5.11 Å². The van der Waals surface area contributed by atoms with Crippen molar-refractivity contribution in [2.45, 2.75) is 12.5 Å². The van der Waals surface area contributed by atoms with Crippen molar-refractivity contribution in [3.8, 4) is 11.1 Å². The molecule has 4 rings (SSSR count). The summed E-state index contributed by atoms with van der Waals surface area (Å²) in [6.45, 7) is 0. The second kappa shape index (κ2) is 5.00.